The molecule has 2 aromatic rings. The minimum Gasteiger partial charge on any atom is -0.351 e. The van der Waals surface area contributed by atoms with Gasteiger partial charge in [0, 0.05) is 11.4 Å². The molecule has 0 aliphatic carbocycles. The minimum absolute atomic E-state index is 0.0279. The normalized spacial score (nSPS) is 10.3. The van der Waals surface area contributed by atoms with Crippen LogP contribution in [0.3, 0.4) is 0 Å². The molecule has 0 aromatic heterocycles. The Morgan fingerprint density at radius 3 is 2.40 bits per heavy atom. The van der Waals surface area contributed by atoms with E-state index in [1.807, 2.05) is 31.2 Å². The molecule has 0 saturated carbocycles. The lowest BCUT2D eigenvalue weighted by molar-refractivity contribution is -0.118. The van der Waals surface area contributed by atoms with E-state index in [0.29, 0.717) is 12.3 Å². The quantitative estimate of drug-likeness (QED) is 0.853. The second kappa shape index (κ2) is 7.10. The molecule has 0 radical (unpaired) electrons. The largest absolute Gasteiger partial charge is 0.351 e. The smallest absolute Gasteiger partial charge is 0.230 e. The maximum atomic E-state index is 12.7. The summed E-state index contributed by atoms with van der Waals surface area (Å²) in [5, 5.41) is 2.87. The minimum atomic E-state index is -0.266. The van der Waals surface area contributed by atoms with E-state index in [4.69, 9.17) is 0 Å². The van der Waals surface area contributed by atoms with Crippen molar-refractivity contribution in [3.63, 3.8) is 0 Å². The molecular formula is C16H16FNOS. The lowest BCUT2D eigenvalue weighted by atomic mass is 10.1. The zero-order chi connectivity index (χ0) is 14.4. The van der Waals surface area contributed by atoms with Gasteiger partial charge >= 0.3 is 0 Å². The summed E-state index contributed by atoms with van der Waals surface area (Å²) in [6.07, 6.45) is 0. The van der Waals surface area contributed by atoms with Gasteiger partial charge in [-0.2, -0.15) is 0 Å². The van der Waals surface area contributed by atoms with Gasteiger partial charge < -0.3 is 5.32 Å². The molecule has 0 heterocycles. The first-order chi connectivity index (χ1) is 9.63. The van der Waals surface area contributed by atoms with Crippen LogP contribution in [0.2, 0.25) is 0 Å². The van der Waals surface area contributed by atoms with E-state index in [0.717, 1.165) is 10.5 Å². The summed E-state index contributed by atoms with van der Waals surface area (Å²) in [6.45, 7) is 2.56. The van der Waals surface area contributed by atoms with Gasteiger partial charge in [-0.25, -0.2) is 4.39 Å². The summed E-state index contributed by atoms with van der Waals surface area (Å²) < 4.78 is 12.7. The molecule has 0 spiro atoms. The number of carbonyl (C=O) groups excluding carboxylic acids is 1. The number of halogens is 1. The summed E-state index contributed by atoms with van der Waals surface area (Å²) >= 11 is 1.40. The van der Waals surface area contributed by atoms with Crippen LogP contribution in [-0.2, 0) is 11.3 Å². The average molecular weight is 289 g/mol. The molecular weight excluding hydrogens is 273 g/mol. The van der Waals surface area contributed by atoms with Crippen LogP contribution in [0.4, 0.5) is 4.39 Å². The molecule has 4 heteroatoms. The van der Waals surface area contributed by atoms with E-state index in [2.05, 4.69) is 5.32 Å². The number of nitrogens with one attached hydrogen (secondary N) is 1. The third-order valence-corrected chi connectivity index (χ3v) is 3.81. The zero-order valence-electron chi connectivity index (χ0n) is 11.2. The molecule has 0 fully saturated rings. The molecule has 2 rings (SSSR count). The van der Waals surface area contributed by atoms with Crippen molar-refractivity contribution in [2.45, 2.75) is 18.4 Å². The number of carbonyl (C=O) groups is 1. The van der Waals surface area contributed by atoms with Crippen LogP contribution < -0.4 is 5.32 Å². The Hall–Kier alpha value is -1.81. The number of rotatable bonds is 5. The molecule has 0 aliphatic heterocycles. The lowest BCUT2D eigenvalue weighted by Crippen LogP contribution is -2.24. The first kappa shape index (κ1) is 14.6. The van der Waals surface area contributed by atoms with E-state index in [-0.39, 0.29) is 11.7 Å². The van der Waals surface area contributed by atoms with Crippen molar-refractivity contribution in [2.24, 2.45) is 0 Å². The van der Waals surface area contributed by atoms with Gasteiger partial charge in [0.25, 0.3) is 0 Å². The highest BCUT2D eigenvalue weighted by Crippen LogP contribution is 2.17. The summed E-state index contributed by atoms with van der Waals surface area (Å²) in [5.74, 6) is 0.0374. The second-order valence-electron chi connectivity index (χ2n) is 4.50. The molecule has 2 aromatic carbocycles. The number of amides is 1. The Kier molecular flexibility index (Phi) is 5.18. The Morgan fingerprint density at radius 1 is 1.10 bits per heavy atom. The molecule has 0 unspecified atom stereocenters. The van der Waals surface area contributed by atoms with E-state index in [9.17, 15) is 9.18 Å². The predicted molar refractivity (Wildman–Crippen MR) is 80.1 cm³/mol. The highest BCUT2D eigenvalue weighted by atomic mass is 32.2. The maximum Gasteiger partial charge on any atom is 0.230 e. The van der Waals surface area contributed by atoms with Gasteiger partial charge in [-0.1, -0.05) is 29.8 Å². The summed E-state index contributed by atoms with van der Waals surface area (Å²) in [6, 6.07) is 14.2. The van der Waals surface area contributed by atoms with E-state index in [1.54, 1.807) is 12.1 Å². The van der Waals surface area contributed by atoms with Crippen molar-refractivity contribution in [1.82, 2.24) is 5.32 Å². The topological polar surface area (TPSA) is 29.1 Å². The molecule has 0 bridgehead atoms. The van der Waals surface area contributed by atoms with Crippen molar-refractivity contribution in [3.8, 4) is 0 Å². The first-order valence-electron chi connectivity index (χ1n) is 6.34. The fourth-order valence-electron chi connectivity index (χ4n) is 1.64. The van der Waals surface area contributed by atoms with Crippen molar-refractivity contribution < 1.29 is 9.18 Å². The Bertz CT molecular complexity index is 515. The summed E-state index contributed by atoms with van der Waals surface area (Å²) in [5.41, 5.74) is 2.28. The average Bonchev–Trinajstić information content (AvgIpc) is 2.46. The van der Waals surface area contributed by atoms with Gasteiger partial charge in [0.15, 0.2) is 0 Å². The Balaban J connectivity index is 1.75. The number of benzene rings is 2. The van der Waals surface area contributed by atoms with Crippen molar-refractivity contribution in [3.05, 3.63) is 65.5 Å². The van der Waals surface area contributed by atoms with Crippen LogP contribution >= 0.6 is 11.8 Å². The molecule has 0 aliphatic rings. The SMILES string of the molecule is Cc1ccc(CNC(=O)CSc2ccc(F)cc2)cc1. The fraction of sp³-hybridized carbons (Fsp3) is 0.188. The van der Waals surface area contributed by atoms with Crippen LogP contribution in [0.25, 0.3) is 0 Å². The fourth-order valence-corrected chi connectivity index (χ4v) is 2.37. The molecule has 0 atom stereocenters. The molecule has 0 saturated heterocycles. The highest BCUT2D eigenvalue weighted by Gasteiger charge is 2.03. The van der Waals surface area contributed by atoms with Crippen LogP contribution in [-0.4, -0.2) is 11.7 Å². The molecule has 2 nitrogen and oxygen atoms in total. The third-order valence-electron chi connectivity index (χ3n) is 2.79. The van der Waals surface area contributed by atoms with Gasteiger partial charge in [-0.3, -0.25) is 4.79 Å². The van der Waals surface area contributed by atoms with Gasteiger partial charge in [-0.15, -0.1) is 11.8 Å². The number of hydrogen-bond donors (Lipinski definition) is 1. The standard InChI is InChI=1S/C16H16FNOS/c1-12-2-4-13(5-3-12)10-18-16(19)11-20-15-8-6-14(17)7-9-15/h2-9H,10-11H2,1H3,(H,18,19). The van der Waals surface area contributed by atoms with Gasteiger partial charge in [-0.05, 0) is 36.8 Å². The lowest BCUT2D eigenvalue weighted by Gasteiger charge is -2.06. The second-order valence-corrected chi connectivity index (χ2v) is 5.55. The van der Waals surface area contributed by atoms with Crippen LogP contribution in [0.1, 0.15) is 11.1 Å². The van der Waals surface area contributed by atoms with Gasteiger partial charge in [0.1, 0.15) is 5.82 Å². The zero-order valence-corrected chi connectivity index (χ0v) is 12.0. The van der Waals surface area contributed by atoms with Crippen molar-refractivity contribution in [2.75, 3.05) is 5.75 Å². The van der Waals surface area contributed by atoms with Crippen LogP contribution in [0.5, 0.6) is 0 Å². The van der Waals surface area contributed by atoms with E-state index in [1.165, 1.54) is 29.5 Å². The summed E-state index contributed by atoms with van der Waals surface area (Å²) in [4.78, 5) is 12.6. The predicted octanol–water partition coefficient (Wildman–Crippen LogP) is 3.54. The Morgan fingerprint density at radius 2 is 1.75 bits per heavy atom. The maximum absolute atomic E-state index is 12.7. The molecule has 1 amide bonds. The van der Waals surface area contributed by atoms with Crippen LogP contribution in [0, 0.1) is 12.7 Å². The monoisotopic (exact) mass is 289 g/mol. The first-order valence-corrected chi connectivity index (χ1v) is 7.32. The van der Waals surface area contributed by atoms with Crippen LogP contribution in [0.15, 0.2) is 53.4 Å². The van der Waals surface area contributed by atoms with E-state index >= 15 is 0 Å². The van der Waals surface area contributed by atoms with Crippen molar-refractivity contribution >= 4 is 17.7 Å². The van der Waals surface area contributed by atoms with Crippen molar-refractivity contribution in [1.29, 1.82) is 0 Å². The Labute approximate surface area is 122 Å². The number of aryl methyl sites for hydroxylation is 1. The summed E-state index contributed by atoms with van der Waals surface area (Å²) in [7, 11) is 0. The number of hydrogen-bond acceptors (Lipinski definition) is 2. The van der Waals surface area contributed by atoms with Gasteiger partial charge in [0.2, 0.25) is 5.91 Å². The molecule has 20 heavy (non-hydrogen) atoms. The molecule has 1 N–H and O–H groups in total. The van der Waals surface area contributed by atoms with Gasteiger partial charge in [0.05, 0.1) is 5.75 Å². The van der Waals surface area contributed by atoms with E-state index < -0.39 is 0 Å². The molecule has 104 valence electrons. The number of thioether (sulfide) groups is 1. The third kappa shape index (κ3) is 4.70. The highest BCUT2D eigenvalue weighted by molar-refractivity contribution is 8.00.